The number of alkyl halides is 1. The summed E-state index contributed by atoms with van der Waals surface area (Å²) in [5, 5.41) is 0. The van der Waals surface area contributed by atoms with E-state index >= 15 is 0 Å². The Hall–Kier alpha value is -0.313. The van der Waals surface area contributed by atoms with Gasteiger partial charge in [-0.15, -0.1) is 11.6 Å². The van der Waals surface area contributed by atoms with Gasteiger partial charge in [0.15, 0.2) is 0 Å². The Bertz CT molecular complexity index is 309. The summed E-state index contributed by atoms with van der Waals surface area (Å²) in [4.78, 5) is 0. The molecule has 0 atom stereocenters. The van der Waals surface area contributed by atoms with Gasteiger partial charge in [-0.25, -0.2) is 0 Å². The number of benzene rings is 1. The number of hydrogen-bond acceptors (Lipinski definition) is 1. The third kappa shape index (κ3) is 3.09. The van der Waals surface area contributed by atoms with Gasteiger partial charge in [0.25, 0.3) is 0 Å². The summed E-state index contributed by atoms with van der Waals surface area (Å²) >= 11 is 6.14. The molecule has 0 saturated carbocycles. The van der Waals surface area contributed by atoms with Crippen LogP contribution < -0.4 is 0 Å². The molecule has 1 aromatic carbocycles. The molecule has 1 aliphatic heterocycles. The Kier molecular flexibility index (Phi) is 4.44. The van der Waals surface area contributed by atoms with Crippen LogP contribution in [0, 0.1) is 0 Å². The van der Waals surface area contributed by atoms with Crippen molar-refractivity contribution in [3.63, 3.8) is 0 Å². The van der Waals surface area contributed by atoms with Crippen LogP contribution in [0.2, 0.25) is 12.1 Å². The molecule has 1 saturated heterocycles. The van der Waals surface area contributed by atoms with E-state index in [1.807, 2.05) is 6.07 Å². The SMILES string of the molecule is ClC[Si]1(OCc2ccccc2)CCCCC1. The van der Waals surface area contributed by atoms with Crippen molar-refractivity contribution < 1.29 is 4.43 Å². The third-order valence-corrected chi connectivity index (χ3v) is 8.63. The first-order chi connectivity index (χ1) is 7.85. The van der Waals surface area contributed by atoms with Gasteiger partial charge in [0, 0.05) is 5.50 Å². The lowest BCUT2D eigenvalue weighted by molar-refractivity contribution is 0.282. The summed E-state index contributed by atoms with van der Waals surface area (Å²) in [5.74, 6) is 0. The minimum atomic E-state index is -1.57. The van der Waals surface area contributed by atoms with Gasteiger partial charge < -0.3 is 4.43 Å². The highest BCUT2D eigenvalue weighted by atomic mass is 35.5. The van der Waals surface area contributed by atoms with Gasteiger partial charge >= 0.3 is 0 Å². The van der Waals surface area contributed by atoms with E-state index in [1.54, 1.807) is 0 Å². The Labute approximate surface area is 104 Å². The van der Waals surface area contributed by atoms with E-state index in [-0.39, 0.29) is 0 Å². The summed E-state index contributed by atoms with van der Waals surface area (Å²) < 4.78 is 6.21. The topological polar surface area (TPSA) is 9.23 Å². The maximum Gasteiger partial charge on any atom is 0.207 e. The maximum atomic E-state index is 6.21. The molecule has 1 nitrogen and oxygen atoms in total. The third-order valence-electron chi connectivity index (χ3n) is 3.40. The lowest BCUT2D eigenvalue weighted by Gasteiger charge is -2.33. The highest BCUT2D eigenvalue weighted by Crippen LogP contribution is 2.31. The number of halogens is 1. The number of rotatable bonds is 4. The summed E-state index contributed by atoms with van der Waals surface area (Å²) in [6.45, 7) is 0.750. The molecule has 0 amide bonds. The van der Waals surface area contributed by atoms with Crippen LogP contribution in [0.3, 0.4) is 0 Å². The Balaban J connectivity index is 1.92. The van der Waals surface area contributed by atoms with E-state index in [4.69, 9.17) is 16.0 Å². The van der Waals surface area contributed by atoms with Crippen molar-refractivity contribution in [2.24, 2.45) is 0 Å². The molecule has 0 N–H and O–H groups in total. The molecule has 16 heavy (non-hydrogen) atoms. The summed E-state index contributed by atoms with van der Waals surface area (Å²) in [7, 11) is -1.57. The zero-order chi connectivity index (χ0) is 11.3. The van der Waals surface area contributed by atoms with E-state index in [0.717, 1.165) is 12.1 Å². The largest absolute Gasteiger partial charge is 0.411 e. The van der Waals surface area contributed by atoms with Gasteiger partial charge in [0.1, 0.15) is 0 Å². The fraction of sp³-hybridized carbons (Fsp3) is 0.538. The first kappa shape index (κ1) is 12.2. The average molecular weight is 255 g/mol. The van der Waals surface area contributed by atoms with Gasteiger partial charge in [-0.05, 0) is 17.7 Å². The van der Waals surface area contributed by atoms with Crippen molar-refractivity contribution >= 4 is 19.9 Å². The van der Waals surface area contributed by atoms with Crippen molar-refractivity contribution in [3.05, 3.63) is 35.9 Å². The maximum absolute atomic E-state index is 6.21. The molecule has 0 bridgehead atoms. The van der Waals surface area contributed by atoms with Crippen LogP contribution in [0.15, 0.2) is 30.3 Å². The van der Waals surface area contributed by atoms with Crippen LogP contribution in [0.4, 0.5) is 0 Å². The summed E-state index contributed by atoms with van der Waals surface area (Å²) in [5.41, 5.74) is 2.03. The second-order valence-electron chi connectivity index (χ2n) is 4.65. The minimum Gasteiger partial charge on any atom is -0.411 e. The fourth-order valence-electron chi connectivity index (χ4n) is 2.32. The predicted molar refractivity (Wildman–Crippen MR) is 71.2 cm³/mol. The smallest absolute Gasteiger partial charge is 0.207 e. The van der Waals surface area contributed by atoms with Crippen molar-refractivity contribution in [2.75, 3.05) is 5.50 Å². The molecule has 0 radical (unpaired) electrons. The van der Waals surface area contributed by atoms with Crippen LogP contribution in [-0.2, 0) is 11.0 Å². The second kappa shape index (κ2) is 5.85. The zero-order valence-electron chi connectivity index (χ0n) is 9.62. The molecule has 88 valence electrons. The van der Waals surface area contributed by atoms with Crippen molar-refractivity contribution in [3.8, 4) is 0 Å². The minimum absolute atomic E-state index is 0.750. The van der Waals surface area contributed by atoms with Gasteiger partial charge in [-0.1, -0.05) is 49.6 Å². The van der Waals surface area contributed by atoms with E-state index in [9.17, 15) is 0 Å². The number of hydrogen-bond donors (Lipinski definition) is 0. The normalized spacial score (nSPS) is 19.6. The molecule has 0 unspecified atom stereocenters. The van der Waals surface area contributed by atoms with E-state index < -0.39 is 8.32 Å². The van der Waals surface area contributed by atoms with Crippen molar-refractivity contribution in [2.45, 2.75) is 38.0 Å². The Morgan fingerprint density at radius 3 is 2.38 bits per heavy atom. The quantitative estimate of drug-likeness (QED) is 0.580. The Morgan fingerprint density at radius 1 is 1.06 bits per heavy atom. The second-order valence-corrected chi connectivity index (χ2v) is 9.38. The molecule has 3 heteroatoms. The highest BCUT2D eigenvalue weighted by molar-refractivity contribution is 6.80. The highest BCUT2D eigenvalue weighted by Gasteiger charge is 2.35. The molecule has 0 aliphatic carbocycles. The van der Waals surface area contributed by atoms with Crippen molar-refractivity contribution in [1.29, 1.82) is 0 Å². The van der Waals surface area contributed by atoms with Gasteiger partial charge in [-0.2, -0.15) is 0 Å². The molecule has 1 fully saturated rings. The first-order valence-corrected chi connectivity index (χ1v) is 9.15. The Morgan fingerprint density at radius 2 is 1.75 bits per heavy atom. The monoisotopic (exact) mass is 254 g/mol. The van der Waals surface area contributed by atoms with Gasteiger partial charge in [-0.3, -0.25) is 0 Å². The van der Waals surface area contributed by atoms with Crippen LogP contribution in [-0.4, -0.2) is 13.8 Å². The summed E-state index contributed by atoms with van der Waals surface area (Å²) in [6, 6.07) is 12.9. The molecule has 1 heterocycles. The predicted octanol–water partition coefficient (Wildman–Crippen LogP) is 4.11. The lowest BCUT2D eigenvalue weighted by Crippen LogP contribution is -2.42. The van der Waals surface area contributed by atoms with E-state index in [1.165, 1.54) is 36.9 Å². The average Bonchev–Trinajstić information content (AvgIpc) is 2.39. The fourth-order valence-corrected chi connectivity index (χ4v) is 6.50. The van der Waals surface area contributed by atoms with Crippen LogP contribution in [0.1, 0.15) is 24.8 Å². The molecule has 1 aliphatic rings. The van der Waals surface area contributed by atoms with E-state index in [2.05, 4.69) is 24.3 Å². The zero-order valence-corrected chi connectivity index (χ0v) is 11.4. The molecule has 0 spiro atoms. The van der Waals surface area contributed by atoms with Gasteiger partial charge in [0.2, 0.25) is 8.32 Å². The molecular formula is C13H19ClOSi. The molecule has 1 aromatic rings. The molecule has 2 rings (SSSR count). The standard InChI is InChI=1S/C13H19ClOSi/c14-12-16(9-5-2-6-10-16)15-11-13-7-3-1-4-8-13/h1,3-4,7-8H,2,5-6,9-12H2. The van der Waals surface area contributed by atoms with Gasteiger partial charge in [0.05, 0.1) is 6.61 Å². The van der Waals surface area contributed by atoms with Crippen molar-refractivity contribution in [1.82, 2.24) is 0 Å². The van der Waals surface area contributed by atoms with Crippen LogP contribution >= 0.6 is 11.6 Å². The molecule has 0 aromatic heterocycles. The molecular weight excluding hydrogens is 236 g/mol. The summed E-state index contributed by atoms with van der Waals surface area (Å²) in [6.07, 6.45) is 3.99. The van der Waals surface area contributed by atoms with E-state index in [0.29, 0.717) is 0 Å². The van der Waals surface area contributed by atoms with Crippen LogP contribution in [0.25, 0.3) is 0 Å². The van der Waals surface area contributed by atoms with Crippen LogP contribution in [0.5, 0.6) is 0 Å². The lowest BCUT2D eigenvalue weighted by atomic mass is 10.2. The first-order valence-electron chi connectivity index (χ1n) is 6.08.